The normalized spacial score (nSPS) is 18.4. The van der Waals surface area contributed by atoms with E-state index in [2.05, 4.69) is 22.6 Å². The molecule has 19 heavy (non-hydrogen) atoms. The van der Waals surface area contributed by atoms with Gasteiger partial charge in [0.2, 0.25) is 0 Å². The molecule has 0 radical (unpaired) electrons. The number of carboxylic acid groups (broad SMARTS) is 1. The van der Waals surface area contributed by atoms with Crippen LogP contribution in [0.25, 0.3) is 0 Å². The van der Waals surface area contributed by atoms with Gasteiger partial charge in [-0.25, -0.2) is 4.79 Å². The fourth-order valence-corrected chi connectivity index (χ4v) is 2.93. The first kappa shape index (κ1) is 14.1. The molecule has 6 heteroatoms. The highest BCUT2D eigenvalue weighted by atomic mass is 127. The van der Waals surface area contributed by atoms with Gasteiger partial charge in [-0.2, -0.15) is 0 Å². The average Bonchev–Trinajstić information content (AvgIpc) is 2.87. The van der Waals surface area contributed by atoms with E-state index in [1.54, 1.807) is 25.3 Å². The molecule has 102 valence electrons. The van der Waals surface area contributed by atoms with Crippen molar-refractivity contribution in [3.63, 3.8) is 0 Å². The van der Waals surface area contributed by atoms with E-state index in [1.165, 1.54) is 4.90 Å². The molecule has 1 aliphatic rings. The zero-order valence-corrected chi connectivity index (χ0v) is 12.6. The third kappa shape index (κ3) is 2.83. The van der Waals surface area contributed by atoms with Gasteiger partial charge in [-0.3, -0.25) is 4.79 Å². The molecule has 1 atom stereocenters. The van der Waals surface area contributed by atoms with E-state index in [0.717, 1.165) is 9.99 Å². The molecular weight excluding hydrogens is 361 g/mol. The van der Waals surface area contributed by atoms with E-state index in [9.17, 15) is 9.59 Å². The monoisotopic (exact) mass is 375 g/mol. The molecule has 1 heterocycles. The summed E-state index contributed by atoms with van der Waals surface area (Å²) >= 11 is 2.06. The molecule has 1 aromatic carbocycles. The lowest BCUT2D eigenvalue weighted by atomic mass is 10.1. The van der Waals surface area contributed by atoms with Gasteiger partial charge >= 0.3 is 5.97 Å². The van der Waals surface area contributed by atoms with Crippen molar-refractivity contribution in [1.29, 1.82) is 0 Å². The number of methoxy groups -OCH3 is 1. The number of amides is 1. The van der Waals surface area contributed by atoms with Gasteiger partial charge in [0.05, 0.1) is 12.7 Å². The molecule has 1 N–H and O–H groups in total. The lowest BCUT2D eigenvalue weighted by molar-refractivity contribution is -0.141. The van der Waals surface area contributed by atoms with Crippen LogP contribution in [-0.2, 0) is 4.79 Å². The van der Waals surface area contributed by atoms with Crippen molar-refractivity contribution in [3.8, 4) is 5.75 Å². The van der Waals surface area contributed by atoms with Gasteiger partial charge in [-0.05, 0) is 53.6 Å². The quantitative estimate of drug-likeness (QED) is 0.821. The number of hydrogen-bond donors (Lipinski definition) is 1. The van der Waals surface area contributed by atoms with Crippen LogP contribution in [-0.4, -0.2) is 41.6 Å². The minimum absolute atomic E-state index is 0.225. The van der Waals surface area contributed by atoms with Crippen molar-refractivity contribution in [2.24, 2.45) is 0 Å². The second kappa shape index (κ2) is 5.77. The molecule has 1 aromatic rings. The van der Waals surface area contributed by atoms with Crippen LogP contribution < -0.4 is 4.74 Å². The van der Waals surface area contributed by atoms with Gasteiger partial charge in [0.25, 0.3) is 5.91 Å². The molecule has 1 amide bonds. The van der Waals surface area contributed by atoms with Gasteiger partial charge in [0.15, 0.2) is 0 Å². The van der Waals surface area contributed by atoms with Crippen LogP contribution in [0.5, 0.6) is 5.75 Å². The molecule has 0 aromatic heterocycles. The molecule has 2 rings (SSSR count). The van der Waals surface area contributed by atoms with Gasteiger partial charge in [0.1, 0.15) is 11.8 Å². The van der Waals surface area contributed by atoms with Crippen molar-refractivity contribution in [1.82, 2.24) is 4.90 Å². The Morgan fingerprint density at radius 1 is 1.47 bits per heavy atom. The summed E-state index contributed by atoms with van der Waals surface area (Å²) in [5.74, 6) is -0.483. The first-order valence-corrected chi connectivity index (χ1v) is 6.99. The Labute approximate surface area is 124 Å². The summed E-state index contributed by atoms with van der Waals surface area (Å²) in [7, 11) is 1.56. The Morgan fingerprint density at radius 3 is 2.79 bits per heavy atom. The number of carbonyl (C=O) groups is 2. The Bertz CT molecular complexity index is 517. The molecule has 5 nitrogen and oxygen atoms in total. The standard InChI is InChI=1S/C13H14INO4/c1-19-8-4-5-9(10(14)7-8)12(16)15-6-2-3-11(15)13(17)18/h4-5,7,11H,2-3,6H2,1H3,(H,17,18)/t11-/m0/s1. The van der Waals surface area contributed by atoms with Crippen LogP contribution in [0.3, 0.4) is 0 Å². The molecule has 0 spiro atoms. The molecule has 0 saturated carbocycles. The van der Waals surface area contributed by atoms with E-state index >= 15 is 0 Å². The Kier molecular flexibility index (Phi) is 4.28. The number of carboxylic acids is 1. The van der Waals surface area contributed by atoms with Crippen LogP contribution in [0.15, 0.2) is 18.2 Å². The van der Waals surface area contributed by atoms with Crippen molar-refractivity contribution >= 4 is 34.5 Å². The Hall–Kier alpha value is -1.31. The summed E-state index contributed by atoms with van der Waals surface area (Å²) < 4.78 is 5.85. The molecule has 0 aliphatic carbocycles. The Balaban J connectivity index is 2.26. The molecule has 1 fully saturated rings. The second-order valence-corrected chi connectivity index (χ2v) is 5.50. The minimum atomic E-state index is -0.936. The summed E-state index contributed by atoms with van der Waals surface area (Å²) in [6, 6.07) is 4.45. The van der Waals surface area contributed by atoms with Crippen LogP contribution in [0.2, 0.25) is 0 Å². The van der Waals surface area contributed by atoms with Crippen LogP contribution in [0, 0.1) is 3.57 Å². The first-order valence-electron chi connectivity index (χ1n) is 5.92. The molecule has 1 aliphatic heterocycles. The highest BCUT2D eigenvalue weighted by Crippen LogP contribution is 2.25. The smallest absolute Gasteiger partial charge is 0.326 e. The average molecular weight is 375 g/mol. The number of ether oxygens (including phenoxy) is 1. The van der Waals surface area contributed by atoms with Crippen LogP contribution in [0.4, 0.5) is 0 Å². The third-order valence-electron chi connectivity index (χ3n) is 3.21. The number of aliphatic carboxylic acids is 1. The topological polar surface area (TPSA) is 66.8 Å². The van der Waals surface area contributed by atoms with Gasteiger partial charge < -0.3 is 14.7 Å². The summed E-state index contributed by atoms with van der Waals surface area (Å²) in [6.07, 6.45) is 1.25. The number of carbonyl (C=O) groups excluding carboxylic acids is 1. The van der Waals surface area contributed by atoms with E-state index in [1.807, 2.05) is 0 Å². The zero-order valence-electron chi connectivity index (χ0n) is 10.4. The first-order chi connectivity index (χ1) is 9.04. The Morgan fingerprint density at radius 2 is 2.21 bits per heavy atom. The highest BCUT2D eigenvalue weighted by molar-refractivity contribution is 14.1. The van der Waals surface area contributed by atoms with E-state index in [-0.39, 0.29) is 5.91 Å². The maximum atomic E-state index is 12.4. The predicted octanol–water partition coefficient (Wildman–Crippen LogP) is 1.99. The number of halogens is 1. The van der Waals surface area contributed by atoms with E-state index in [4.69, 9.17) is 9.84 Å². The third-order valence-corrected chi connectivity index (χ3v) is 4.10. The summed E-state index contributed by atoms with van der Waals surface area (Å²) in [4.78, 5) is 25.0. The van der Waals surface area contributed by atoms with Crippen molar-refractivity contribution in [2.75, 3.05) is 13.7 Å². The van der Waals surface area contributed by atoms with Crippen molar-refractivity contribution in [2.45, 2.75) is 18.9 Å². The van der Waals surface area contributed by atoms with Crippen molar-refractivity contribution in [3.05, 3.63) is 27.3 Å². The van der Waals surface area contributed by atoms with E-state index in [0.29, 0.717) is 24.3 Å². The molecule has 0 unspecified atom stereocenters. The SMILES string of the molecule is COc1ccc(C(=O)N2CCC[C@H]2C(=O)O)c(I)c1. The summed E-state index contributed by atoms with van der Waals surface area (Å²) in [6.45, 7) is 0.498. The fraction of sp³-hybridized carbons (Fsp3) is 0.385. The summed E-state index contributed by atoms with van der Waals surface area (Å²) in [5, 5.41) is 9.12. The minimum Gasteiger partial charge on any atom is -0.497 e. The summed E-state index contributed by atoms with van der Waals surface area (Å²) in [5.41, 5.74) is 0.523. The molecular formula is C13H14INO4. The molecule has 0 bridgehead atoms. The maximum absolute atomic E-state index is 12.4. The number of likely N-dealkylation sites (tertiary alicyclic amines) is 1. The second-order valence-electron chi connectivity index (χ2n) is 4.34. The van der Waals surface area contributed by atoms with E-state index < -0.39 is 12.0 Å². The fourth-order valence-electron chi connectivity index (χ4n) is 2.22. The number of nitrogens with zero attached hydrogens (tertiary/aromatic N) is 1. The predicted molar refractivity (Wildman–Crippen MR) is 77.4 cm³/mol. The van der Waals surface area contributed by atoms with Gasteiger partial charge in [-0.15, -0.1) is 0 Å². The number of hydrogen-bond acceptors (Lipinski definition) is 3. The maximum Gasteiger partial charge on any atom is 0.326 e. The largest absolute Gasteiger partial charge is 0.497 e. The highest BCUT2D eigenvalue weighted by Gasteiger charge is 2.34. The lowest BCUT2D eigenvalue weighted by Gasteiger charge is -2.22. The van der Waals surface area contributed by atoms with Gasteiger partial charge in [0, 0.05) is 10.1 Å². The molecule has 1 saturated heterocycles. The van der Waals surface area contributed by atoms with Crippen LogP contribution >= 0.6 is 22.6 Å². The van der Waals surface area contributed by atoms with Gasteiger partial charge in [-0.1, -0.05) is 0 Å². The number of benzene rings is 1. The number of rotatable bonds is 3. The van der Waals surface area contributed by atoms with Crippen LogP contribution in [0.1, 0.15) is 23.2 Å². The lowest BCUT2D eigenvalue weighted by Crippen LogP contribution is -2.40. The zero-order chi connectivity index (χ0) is 14.0. The van der Waals surface area contributed by atoms with Crippen molar-refractivity contribution < 1.29 is 19.4 Å².